The number of hydrogen-bond acceptors (Lipinski definition) is 4. The van der Waals surface area contributed by atoms with Gasteiger partial charge in [-0.05, 0) is 89.9 Å². The van der Waals surface area contributed by atoms with E-state index in [0.29, 0.717) is 5.69 Å². The fourth-order valence-electron chi connectivity index (χ4n) is 4.32. The number of hydrogen-bond donors (Lipinski definition) is 1. The van der Waals surface area contributed by atoms with Crippen molar-refractivity contribution < 1.29 is 18.0 Å². The number of halogens is 1. The molecule has 0 heterocycles. The average Bonchev–Trinajstić information content (AvgIpc) is 2.85. The molecule has 0 fully saturated rings. The Kier molecular flexibility index (Phi) is 9.85. The minimum absolute atomic E-state index is 0.0861. The van der Waals surface area contributed by atoms with Crippen molar-refractivity contribution in [2.75, 3.05) is 10.8 Å². The van der Waals surface area contributed by atoms with Crippen LogP contribution in [0.2, 0.25) is 0 Å². The summed E-state index contributed by atoms with van der Waals surface area (Å²) >= 11 is 3.47. The third-order valence-corrected chi connectivity index (χ3v) is 8.68. The quantitative estimate of drug-likeness (QED) is 0.320. The number of nitrogens with zero attached hydrogens (tertiary/aromatic N) is 2. The van der Waals surface area contributed by atoms with Gasteiger partial charge < -0.3 is 10.2 Å². The Balaban J connectivity index is 2.08. The van der Waals surface area contributed by atoms with Gasteiger partial charge in [0.05, 0.1) is 10.6 Å². The SMILES string of the molecule is Cc1ccc(S(=O)(=O)N(CC(=O)N(Cc2cccc(Br)c2)[C@@H](C)C(=O)NC(C)(C)C)c2ccc(C)cc2C)cc1. The summed E-state index contributed by atoms with van der Waals surface area (Å²) in [7, 11) is -4.11. The van der Waals surface area contributed by atoms with Crippen LogP contribution in [0.25, 0.3) is 0 Å². The van der Waals surface area contributed by atoms with Crippen LogP contribution in [0.1, 0.15) is 49.9 Å². The zero-order valence-corrected chi connectivity index (χ0v) is 26.6. The number of nitrogens with one attached hydrogen (secondary N) is 1. The highest BCUT2D eigenvalue weighted by Crippen LogP contribution is 2.28. The van der Waals surface area contributed by atoms with Crippen molar-refractivity contribution in [3.8, 4) is 0 Å². The van der Waals surface area contributed by atoms with Crippen LogP contribution < -0.4 is 9.62 Å². The zero-order chi connectivity index (χ0) is 29.8. The summed E-state index contributed by atoms with van der Waals surface area (Å²) in [5.74, 6) is -0.817. The molecule has 0 aliphatic carbocycles. The van der Waals surface area contributed by atoms with Gasteiger partial charge in [-0.25, -0.2) is 8.42 Å². The van der Waals surface area contributed by atoms with Crippen molar-refractivity contribution >= 4 is 43.5 Å². The van der Waals surface area contributed by atoms with Crippen LogP contribution in [0, 0.1) is 20.8 Å². The Morgan fingerprint density at radius 2 is 1.55 bits per heavy atom. The van der Waals surface area contributed by atoms with Gasteiger partial charge in [0, 0.05) is 16.6 Å². The minimum atomic E-state index is -4.11. The molecule has 0 unspecified atom stereocenters. The van der Waals surface area contributed by atoms with Gasteiger partial charge in [-0.3, -0.25) is 13.9 Å². The maximum atomic E-state index is 14.1. The van der Waals surface area contributed by atoms with E-state index in [1.165, 1.54) is 4.90 Å². The van der Waals surface area contributed by atoms with Crippen LogP contribution in [0.3, 0.4) is 0 Å². The normalized spacial score (nSPS) is 12.5. The van der Waals surface area contributed by atoms with E-state index in [9.17, 15) is 18.0 Å². The maximum absolute atomic E-state index is 14.1. The van der Waals surface area contributed by atoms with Crippen LogP contribution in [-0.4, -0.2) is 43.3 Å². The number of amides is 2. The highest BCUT2D eigenvalue weighted by Gasteiger charge is 2.34. The number of rotatable bonds is 9. The predicted octanol–water partition coefficient (Wildman–Crippen LogP) is 5.90. The molecule has 0 saturated heterocycles. The number of aryl methyl sites for hydroxylation is 3. The summed E-state index contributed by atoms with van der Waals surface area (Å²) in [6.45, 7) is 12.6. The molecule has 0 radical (unpaired) electrons. The summed E-state index contributed by atoms with van der Waals surface area (Å²) < 4.78 is 30.0. The lowest BCUT2D eigenvalue weighted by molar-refractivity contribution is -0.140. The topological polar surface area (TPSA) is 86.8 Å². The lowest BCUT2D eigenvalue weighted by atomic mass is 10.1. The van der Waals surface area contributed by atoms with Crippen molar-refractivity contribution in [1.29, 1.82) is 0 Å². The van der Waals surface area contributed by atoms with E-state index in [1.807, 2.05) is 77.9 Å². The zero-order valence-electron chi connectivity index (χ0n) is 24.2. The van der Waals surface area contributed by atoms with Crippen LogP contribution >= 0.6 is 15.9 Å². The molecule has 3 rings (SSSR count). The van der Waals surface area contributed by atoms with Gasteiger partial charge in [0.25, 0.3) is 10.0 Å². The highest BCUT2D eigenvalue weighted by atomic mass is 79.9. The smallest absolute Gasteiger partial charge is 0.264 e. The molecular formula is C31H38BrN3O4S. The van der Waals surface area contributed by atoms with Crippen LogP contribution in [0.4, 0.5) is 5.69 Å². The second-order valence-electron chi connectivity index (χ2n) is 11.2. The van der Waals surface area contributed by atoms with E-state index in [-0.39, 0.29) is 17.3 Å². The van der Waals surface area contributed by atoms with Gasteiger partial charge in [0.2, 0.25) is 11.8 Å². The first-order valence-corrected chi connectivity index (χ1v) is 15.3. The third-order valence-electron chi connectivity index (χ3n) is 6.42. The monoisotopic (exact) mass is 627 g/mol. The molecule has 0 saturated carbocycles. The molecule has 0 bridgehead atoms. The molecular weight excluding hydrogens is 590 g/mol. The van der Waals surface area contributed by atoms with Crippen molar-refractivity contribution in [1.82, 2.24) is 10.2 Å². The van der Waals surface area contributed by atoms with Gasteiger partial charge >= 0.3 is 0 Å². The van der Waals surface area contributed by atoms with Crippen molar-refractivity contribution in [2.24, 2.45) is 0 Å². The maximum Gasteiger partial charge on any atom is 0.264 e. The number of anilines is 1. The molecule has 3 aromatic rings. The Hall–Kier alpha value is -3.17. The Bertz CT molecular complexity index is 1480. The molecule has 40 heavy (non-hydrogen) atoms. The molecule has 0 aromatic heterocycles. The first-order valence-electron chi connectivity index (χ1n) is 13.1. The first-order chi connectivity index (χ1) is 18.6. The van der Waals surface area contributed by atoms with Gasteiger partial charge in [-0.15, -0.1) is 0 Å². The number of sulfonamides is 1. The Morgan fingerprint density at radius 1 is 0.925 bits per heavy atom. The summed E-state index contributed by atoms with van der Waals surface area (Å²) in [6, 6.07) is 18.6. The first kappa shape index (κ1) is 31.4. The molecule has 2 amide bonds. The Labute approximate surface area is 246 Å². The molecule has 0 aliphatic rings. The van der Waals surface area contributed by atoms with Crippen molar-refractivity contribution in [3.63, 3.8) is 0 Å². The molecule has 1 atom stereocenters. The van der Waals surface area contributed by atoms with Gasteiger partial charge in [0.1, 0.15) is 12.6 Å². The molecule has 0 aliphatic heterocycles. The van der Waals surface area contributed by atoms with Crippen molar-refractivity contribution in [3.05, 3.63) is 93.5 Å². The van der Waals surface area contributed by atoms with Gasteiger partial charge in [-0.2, -0.15) is 0 Å². The van der Waals surface area contributed by atoms with E-state index in [1.54, 1.807) is 37.3 Å². The summed E-state index contributed by atoms with van der Waals surface area (Å²) in [5.41, 5.74) is 3.33. The van der Waals surface area contributed by atoms with E-state index in [2.05, 4.69) is 21.2 Å². The largest absolute Gasteiger partial charge is 0.350 e. The van der Waals surface area contributed by atoms with Crippen LogP contribution in [0.15, 0.2) is 76.1 Å². The number of benzene rings is 3. The molecule has 7 nitrogen and oxygen atoms in total. The summed E-state index contributed by atoms with van der Waals surface area (Å²) in [6.07, 6.45) is 0. The second-order valence-corrected chi connectivity index (χ2v) is 14.0. The second kappa shape index (κ2) is 12.6. The minimum Gasteiger partial charge on any atom is -0.350 e. The fraction of sp³-hybridized carbons (Fsp3) is 0.355. The van der Waals surface area contributed by atoms with Crippen LogP contribution in [-0.2, 0) is 26.2 Å². The highest BCUT2D eigenvalue weighted by molar-refractivity contribution is 9.10. The summed E-state index contributed by atoms with van der Waals surface area (Å²) in [5, 5.41) is 2.94. The van der Waals surface area contributed by atoms with Gasteiger partial charge in [0.15, 0.2) is 0 Å². The molecule has 0 spiro atoms. The van der Waals surface area contributed by atoms with Crippen LogP contribution in [0.5, 0.6) is 0 Å². The third kappa shape index (κ3) is 7.95. The summed E-state index contributed by atoms with van der Waals surface area (Å²) in [4.78, 5) is 28.8. The average molecular weight is 629 g/mol. The number of carbonyl (C=O) groups excluding carboxylic acids is 2. The van der Waals surface area contributed by atoms with E-state index >= 15 is 0 Å². The number of carbonyl (C=O) groups is 2. The van der Waals surface area contributed by atoms with E-state index < -0.39 is 34.1 Å². The molecule has 1 N–H and O–H groups in total. The molecule has 9 heteroatoms. The van der Waals surface area contributed by atoms with Gasteiger partial charge in [-0.1, -0.05) is 63.5 Å². The molecule has 214 valence electrons. The lowest BCUT2D eigenvalue weighted by Gasteiger charge is -2.34. The standard InChI is InChI=1S/C31H38BrN3O4S/c1-21-11-14-27(15-12-21)40(38,39)35(28-16-13-22(2)17-23(28)3)20-29(36)34(19-25-9-8-10-26(32)18-25)24(4)30(37)33-31(5,6)7/h8-18,24H,19-20H2,1-7H3,(H,33,37)/t24-/m0/s1. The fourth-order valence-corrected chi connectivity index (χ4v) is 6.25. The van der Waals surface area contributed by atoms with E-state index in [4.69, 9.17) is 0 Å². The Morgan fingerprint density at radius 3 is 2.12 bits per heavy atom. The molecule has 3 aromatic carbocycles. The predicted molar refractivity (Wildman–Crippen MR) is 164 cm³/mol. The lowest BCUT2D eigenvalue weighted by Crippen LogP contribution is -2.54. The van der Waals surface area contributed by atoms with E-state index in [0.717, 1.165) is 31.0 Å². The van der Waals surface area contributed by atoms with Crippen molar-refractivity contribution in [2.45, 2.75) is 71.5 Å².